The first-order chi connectivity index (χ1) is 11.8. The van der Waals surface area contributed by atoms with E-state index in [0.29, 0.717) is 11.8 Å². The minimum Gasteiger partial charge on any atom is -0.103 e. The molecule has 0 aromatic carbocycles. The van der Waals surface area contributed by atoms with Crippen LogP contribution in [0.5, 0.6) is 0 Å². The van der Waals surface area contributed by atoms with Gasteiger partial charge in [0.2, 0.25) is 0 Å². The minimum atomic E-state index is 0.613. The largest absolute Gasteiger partial charge is 0.103 e. The van der Waals surface area contributed by atoms with Crippen molar-refractivity contribution in [2.45, 2.75) is 99.3 Å². The van der Waals surface area contributed by atoms with Crippen molar-refractivity contribution in [2.75, 3.05) is 0 Å². The fourth-order valence-corrected chi connectivity index (χ4v) is 3.25. The van der Waals surface area contributed by atoms with Crippen molar-refractivity contribution in [2.24, 2.45) is 23.7 Å². The van der Waals surface area contributed by atoms with Gasteiger partial charge in [-0.15, -0.1) is 6.58 Å². The van der Waals surface area contributed by atoms with Crippen LogP contribution in [0.1, 0.15) is 99.3 Å². The van der Waals surface area contributed by atoms with Gasteiger partial charge in [0.05, 0.1) is 0 Å². The van der Waals surface area contributed by atoms with E-state index in [0.717, 1.165) is 11.8 Å². The van der Waals surface area contributed by atoms with Gasteiger partial charge in [0.1, 0.15) is 0 Å². The normalized spacial score (nSPS) is 14.8. The van der Waals surface area contributed by atoms with Crippen LogP contribution in [-0.2, 0) is 0 Å². The number of hydrogen-bond acceptors (Lipinski definition) is 0. The molecule has 0 fully saturated rings. The Morgan fingerprint density at radius 2 is 1.40 bits per heavy atom. The fraction of sp³-hybridized carbons (Fsp3) is 0.760. The first-order valence-electron chi connectivity index (χ1n) is 10.7. The number of allylic oxidation sites excluding steroid dienone is 4. The molecule has 0 saturated heterocycles. The first-order valence-corrected chi connectivity index (χ1v) is 10.7. The summed E-state index contributed by atoms with van der Waals surface area (Å²) in [6.45, 7) is 22.3. The van der Waals surface area contributed by atoms with Crippen LogP contribution in [0.25, 0.3) is 0 Å². The molecule has 0 aromatic rings. The summed E-state index contributed by atoms with van der Waals surface area (Å²) in [5.74, 6) is 2.88. The lowest BCUT2D eigenvalue weighted by atomic mass is 9.85. The third kappa shape index (κ3) is 14.1. The van der Waals surface area contributed by atoms with Crippen LogP contribution in [0, 0.1) is 23.7 Å². The SMILES string of the molecule is C=C[C@H](C)CC[C@H](C/C=C(\C)CCCC(C)C)C(=C)CCCC(C)C. The molecule has 0 saturated carbocycles. The second-order valence-corrected chi connectivity index (χ2v) is 9.00. The highest BCUT2D eigenvalue weighted by atomic mass is 14.2. The van der Waals surface area contributed by atoms with Crippen LogP contribution in [0.15, 0.2) is 36.5 Å². The molecule has 0 aliphatic rings. The maximum Gasteiger partial charge on any atom is -0.0171 e. The Morgan fingerprint density at radius 1 is 0.840 bits per heavy atom. The molecule has 146 valence electrons. The van der Waals surface area contributed by atoms with E-state index in [1.807, 2.05) is 0 Å². The van der Waals surface area contributed by atoms with Crippen molar-refractivity contribution in [1.82, 2.24) is 0 Å². The molecule has 0 rings (SSSR count). The fourth-order valence-electron chi connectivity index (χ4n) is 3.25. The second-order valence-electron chi connectivity index (χ2n) is 9.00. The van der Waals surface area contributed by atoms with E-state index in [-0.39, 0.29) is 0 Å². The Morgan fingerprint density at radius 3 is 1.92 bits per heavy atom. The molecule has 0 amide bonds. The quantitative estimate of drug-likeness (QED) is 0.260. The van der Waals surface area contributed by atoms with Gasteiger partial charge in [-0.05, 0) is 75.5 Å². The van der Waals surface area contributed by atoms with E-state index in [1.165, 1.54) is 63.4 Å². The van der Waals surface area contributed by atoms with Crippen LogP contribution < -0.4 is 0 Å². The minimum absolute atomic E-state index is 0.613. The van der Waals surface area contributed by atoms with Crippen molar-refractivity contribution >= 4 is 0 Å². The van der Waals surface area contributed by atoms with Gasteiger partial charge in [0, 0.05) is 0 Å². The van der Waals surface area contributed by atoms with Crippen LogP contribution in [0.4, 0.5) is 0 Å². The maximum absolute atomic E-state index is 4.46. The summed E-state index contributed by atoms with van der Waals surface area (Å²) in [6, 6.07) is 0. The smallest absolute Gasteiger partial charge is 0.0171 e. The zero-order valence-electron chi connectivity index (χ0n) is 18.2. The Hall–Kier alpha value is -0.780. The summed E-state index contributed by atoms with van der Waals surface area (Å²) in [6.07, 6.45) is 16.0. The van der Waals surface area contributed by atoms with E-state index in [9.17, 15) is 0 Å². The summed E-state index contributed by atoms with van der Waals surface area (Å²) >= 11 is 0. The summed E-state index contributed by atoms with van der Waals surface area (Å²) in [5, 5.41) is 0. The molecule has 25 heavy (non-hydrogen) atoms. The number of hydrogen-bond donors (Lipinski definition) is 0. The van der Waals surface area contributed by atoms with E-state index < -0.39 is 0 Å². The average molecular weight is 347 g/mol. The van der Waals surface area contributed by atoms with Crippen molar-refractivity contribution < 1.29 is 0 Å². The number of rotatable bonds is 15. The average Bonchev–Trinajstić information content (AvgIpc) is 2.53. The lowest BCUT2D eigenvalue weighted by Crippen LogP contribution is -2.06. The molecule has 0 heterocycles. The Balaban J connectivity index is 4.54. The molecule has 0 bridgehead atoms. The summed E-state index contributed by atoms with van der Waals surface area (Å²) in [5.41, 5.74) is 3.04. The monoisotopic (exact) mass is 346 g/mol. The predicted octanol–water partition coefficient (Wildman–Crippen LogP) is 8.75. The molecule has 0 aliphatic heterocycles. The molecule has 0 aromatic heterocycles. The highest BCUT2D eigenvalue weighted by Crippen LogP contribution is 2.28. The molecule has 0 unspecified atom stereocenters. The van der Waals surface area contributed by atoms with Gasteiger partial charge in [-0.2, -0.15) is 0 Å². The van der Waals surface area contributed by atoms with Gasteiger partial charge in [-0.25, -0.2) is 0 Å². The molecule has 0 radical (unpaired) electrons. The Bertz CT molecular complexity index is 383. The third-order valence-electron chi connectivity index (χ3n) is 5.33. The van der Waals surface area contributed by atoms with Crippen molar-refractivity contribution in [1.29, 1.82) is 0 Å². The van der Waals surface area contributed by atoms with Gasteiger partial charge in [0.15, 0.2) is 0 Å². The lowest BCUT2D eigenvalue weighted by molar-refractivity contribution is 0.468. The van der Waals surface area contributed by atoms with Crippen molar-refractivity contribution in [3.8, 4) is 0 Å². The van der Waals surface area contributed by atoms with Crippen LogP contribution >= 0.6 is 0 Å². The maximum atomic E-state index is 4.46. The first kappa shape index (κ1) is 24.2. The summed E-state index contributed by atoms with van der Waals surface area (Å²) in [4.78, 5) is 0. The zero-order chi connectivity index (χ0) is 19.2. The molecule has 0 nitrogen and oxygen atoms in total. The van der Waals surface area contributed by atoms with Crippen LogP contribution in [0.3, 0.4) is 0 Å². The molecule has 0 N–H and O–H groups in total. The topological polar surface area (TPSA) is 0 Å². The molecule has 0 heteroatoms. The molecule has 2 atom stereocenters. The van der Waals surface area contributed by atoms with Crippen LogP contribution in [-0.4, -0.2) is 0 Å². The lowest BCUT2D eigenvalue weighted by Gasteiger charge is -2.20. The molecular formula is C25H46. The zero-order valence-corrected chi connectivity index (χ0v) is 18.2. The van der Waals surface area contributed by atoms with E-state index in [4.69, 9.17) is 0 Å². The van der Waals surface area contributed by atoms with Crippen LogP contribution in [0.2, 0.25) is 0 Å². The van der Waals surface area contributed by atoms with E-state index in [2.05, 4.69) is 66.9 Å². The highest BCUT2D eigenvalue weighted by Gasteiger charge is 2.13. The molecule has 0 aliphatic carbocycles. The Kier molecular flexibility index (Phi) is 13.9. The summed E-state index contributed by atoms with van der Waals surface area (Å²) in [7, 11) is 0. The summed E-state index contributed by atoms with van der Waals surface area (Å²) < 4.78 is 0. The third-order valence-corrected chi connectivity index (χ3v) is 5.33. The second kappa shape index (κ2) is 14.4. The van der Waals surface area contributed by atoms with Gasteiger partial charge in [-0.1, -0.05) is 77.3 Å². The molecular weight excluding hydrogens is 300 g/mol. The standard InChI is InChI=1S/C25H46/c1-9-22(6)16-18-25(24(8)15-11-13-21(4)5)19-17-23(7)14-10-12-20(2)3/h9,17,20-22,25H,1,8,10-16,18-19H2,2-7H3/b23-17+/t22-,25+/m0/s1. The van der Waals surface area contributed by atoms with Crippen molar-refractivity contribution in [3.63, 3.8) is 0 Å². The van der Waals surface area contributed by atoms with Gasteiger partial charge < -0.3 is 0 Å². The Labute approximate surface area is 159 Å². The molecule has 0 spiro atoms. The van der Waals surface area contributed by atoms with Gasteiger partial charge in [0.25, 0.3) is 0 Å². The van der Waals surface area contributed by atoms with E-state index in [1.54, 1.807) is 5.57 Å². The van der Waals surface area contributed by atoms with Gasteiger partial charge in [-0.3, -0.25) is 0 Å². The predicted molar refractivity (Wildman–Crippen MR) is 117 cm³/mol. The van der Waals surface area contributed by atoms with Gasteiger partial charge >= 0.3 is 0 Å². The van der Waals surface area contributed by atoms with Crippen molar-refractivity contribution in [3.05, 3.63) is 36.5 Å². The highest BCUT2D eigenvalue weighted by molar-refractivity contribution is 5.07. The van der Waals surface area contributed by atoms with E-state index >= 15 is 0 Å².